The molecule has 2 rings (SSSR count). The Balaban J connectivity index is 2.39. The number of hydrogen-bond acceptors (Lipinski definition) is 5. The van der Waals surface area contributed by atoms with Crippen LogP contribution in [0.2, 0.25) is 0 Å². The summed E-state index contributed by atoms with van der Waals surface area (Å²) in [7, 11) is 0. The summed E-state index contributed by atoms with van der Waals surface area (Å²) in [5, 5.41) is 18.2. The number of nitrogens with one attached hydrogen (secondary N) is 1. The SMILES string of the molecule is O=C(O)C1CC(=O)N(c2c(O)nc[nH]c2=O)C1. The number of aromatic amines is 1. The van der Waals surface area contributed by atoms with E-state index in [0.717, 1.165) is 11.2 Å². The van der Waals surface area contributed by atoms with Gasteiger partial charge in [0, 0.05) is 13.0 Å². The number of H-pyrrole nitrogens is 1. The third-order valence-electron chi connectivity index (χ3n) is 2.55. The lowest BCUT2D eigenvalue weighted by atomic mass is 10.1. The number of carbonyl (C=O) groups is 2. The summed E-state index contributed by atoms with van der Waals surface area (Å²) < 4.78 is 0. The topological polar surface area (TPSA) is 124 Å². The second-order valence-corrected chi connectivity index (χ2v) is 3.65. The molecule has 1 atom stereocenters. The molecule has 0 aromatic carbocycles. The van der Waals surface area contributed by atoms with Crippen molar-refractivity contribution in [1.82, 2.24) is 9.97 Å². The first-order valence-electron chi connectivity index (χ1n) is 4.80. The van der Waals surface area contributed by atoms with Crippen molar-refractivity contribution in [3.8, 4) is 5.88 Å². The number of aromatic nitrogens is 2. The van der Waals surface area contributed by atoms with Crippen LogP contribution < -0.4 is 10.5 Å². The molecule has 0 saturated carbocycles. The average Bonchev–Trinajstić information content (AvgIpc) is 2.61. The smallest absolute Gasteiger partial charge is 0.308 e. The van der Waals surface area contributed by atoms with Gasteiger partial charge in [0.2, 0.25) is 11.8 Å². The maximum Gasteiger partial charge on any atom is 0.308 e. The Hall–Kier alpha value is -2.38. The van der Waals surface area contributed by atoms with Gasteiger partial charge in [0.25, 0.3) is 5.56 Å². The van der Waals surface area contributed by atoms with E-state index in [1.165, 1.54) is 0 Å². The van der Waals surface area contributed by atoms with E-state index in [2.05, 4.69) is 9.97 Å². The Bertz CT molecular complexity index is 538. The lowest BCUT2D eigenvalue weighted by Crippen LogP contribution is -2.31. The zero-order valence-electron chi connectivity index (χ0n) is 8.58. The first-order chi connectivity index (χ1) is 8.00. The van der Waals surface area contributed by atoms with Crippen molar-refractivity contribution in [3.05, 3.63) is 16.7 Å². The number of carbonyl (C=O) groups excluding carboxylic acids is 1. The molecule has 17 heavy (non-hydrogen) atoms. The number of rotatable bonds is 2. The molecule has 8 heteroatoms. The van der Waals surface area contributed by atoms with Gasteiger partial charge in [-0.05, 0) is 0 Å². The van der Waals surface area contributed by atoms with Gasteiger partial charge in [-0.25, -0.2) is 4.98 Å². The largest absolute Gasteiger partial charge is 0.492 e. The monoisotopic (exact) mass is 239 g/mol. The number of nitrogens with zero attached hydrogens (tertiary/aromatic N) is 2. The van der Waals surface area contributed by atoms with Crippen molar-refractivity contribution in [2.75, 3.05) is 11.4 Å². The lowest BCUT2D eigenvalue weighted by Gasteiger charge is -2.14. The van der Waals surface area contributed by atoms with Crippen LogP contribution in [-0.4, -0.2) is 38.6 Å². The Morgan fingerprint density at radius 1 is 1.53 bits per heavy atom. The van der Waals surface area contributed by atoms with Gasteiger partial charge in [-0.1, -0.05) is 0 Å². The fraction of sp³-hybridized carbons (Fsp3) is 0.333. The van der Waals surface area contributed by atoms with E-state index in [0.29, 0.717) is 0 Å². The maximum absolute atomic E-state index is 11.6. The van der Waals surface area contributed by atoms with Crippen LogP contribution >= 0.6 is 0 Å². The number of carboxylic acid groups (broad SMARTS) is 1. The van der Waals surface area contributed by atoms with Crippen molar-refractivity contribution < 1.29 is 19.8 Å². The van der Waals surface area contributed by atoms with E-state index in [9.17, 15) is 19.5 Å². The van der Waals surface area contributed by atoms with E-state index in [1.54, 1.807) is 0 Å². The van der Waals surface area contributed by atoms with Crippen LogP contribution in [0, 0.1) is 5.92 Å². The first kappa shape index (κ1) is 11.1. The molecule has 2 heterocycles. The van der Waals surface area contributed by atoms with E-state index >= 15 is 0 Å². The Morgan fingerprint density at radius 2 is 2.24 bits per heavy atom. The van der Waals surface area contributed by atoms with Crippen molar-refractivity contribution in [2.24, 2.45) is 5.92 Å². The molecule has 1 aromatic heterocycles. The van der Waals surface area contributed by atoms with Crippen molar-refractivity contribution in [2.45, 2.75) is 6.42 Å². The van der Waals surface area contributed by atoms with Gasteiger partial charge < -0.3 is 20.1 Å². The zero-order chi connectivity index (χ0) is 12.6. The van der Waals surface area contributed by atoms with Crippen LogP contribution in [0.25, 0.3) is 0 Å². The highest BCUT2D eigenvalue weighted by molar-refractivity contribution is 5.99. The molecule has 3 N–H and O–H groups in total. The predicted octanol–water partition coefficient (Wildman–Crippen LogP) is -1.09. The molecule has 8 nitrogen and oxygen atoms in total. The fourth-order valence-corrected chi connectivity index (χ4v) is 1.72. The van der Waals surface area contributed by atoms with Crippen LogP contribution in [-0.2, 0) is 9.59 Å². The summed E-state index contributed by atoms with van der Waals surface area (Å²) in [6, 6.07) is 0. The second kappa shape index (κ2) is 3.89. The van der Waals surface area contributed by atoms with Gasteiger partial charge in [0.1, 0.15) is 0 Å². The molecule has 1 aliphatic heterocycles. The van der Waals surface area contributed by atoms with Crippen LogP contribution in [0.15, 0.2) is 11.1 Å². The molecule has 0 spiro atoms. The van der Waals surface area contributed by atoms with Gasteiger partial charge in [0.05, 0.1) is 12.2 Å². The van der Waals surface area contributed by atoms with Crippen LogP contribution in [0.5, 0.6) is 5.88 Å². The molecule has 1 amide bonds. The van der Waals surface area contributed by atoms with Gasteiger partial charge >= 0.3 is 5.97 Å². The van der Waals surface area contributed by atoms with E-state index < -0.39 is 29.2 Å². The molecule has 0 aliphatic carbocycles. The highest BCUT2D eigenvalue weighted by Crippen LogP contribution is 2.27. The fourth-order valence-electron chi connectivity index (χ4n) is 1.72. The summed E-state index contributed by atoms with van der Waals surface area (Å²) in [5.74, 6) is -3.10. The van der Waals surface area contributed by atoms with Gasteiger partial charge in [-0.15, -0.1) is 0 Å². The first-order valence-corrected chi connectivity index (χ1v) is 4.80. The number of anilines is 1. The highest BCUT2D eigenvalue weighted by Gasteiger charge is 2.37. The molecule has 1 aromatic rings. The Kier molecular flexibility index (Phi) is 2.54. The number of amides is 1. The molecule has 1 saturated heterocycles. The summed E-state index contributed by atoms with van der Waals surface area (Å²) in [5.41, 5.74) is -0.988. The number of carboxylic acids is 1. The minimum Gasteiger partial charge on any atom is -0.492 e. The van der Waals surface area contributed by atoms with Gasteiger partial charge in [-0.2, -0.15) is 0 Å². The normalized spacial score (nSPS) is 19.6. The summed E-state index contributed by atoms with van der Waals surface area (Å²) in [6.45, 7) is -0.142. The van der Waals surface area contributed by atoms with Crippen molar-refractivity contribution >= 4 is 17.6 Å². The maximum atomic E-state index is 11.6. The minimum absolute atomic E-state index is 0.142. The van der Waals surface area contributed by atoms with Crippen LogP contribution in [0.1, 0.15) is 6.42 Å². The Labute approximate surface area is 94.5 Å². The molecule has 90 valence electrons. The quantitative estimate of drug-likeness (QED) is 0.602. The van der Waals surface area contributed by atoms with E-state index in [1.807, 2.05) is 0 Å². The molecular formula is C9H9N3O5. The number of aliphatic carboxylic acids is 1. The number of aromatic hydroxyl groups is 1. The van der Waals surface area contributed by atoms with E-state index in [4.69, 9.17) is 5.11 Å². The summed E-state index contributed by atoms with van der Waals surface area (Å²) in [4.78, 5) is 40.4. The van der Waals surface area contributed by atoms with Crippen molar-refractivity contribution in [3.63, 3.8) is 0 Å². The Morgan fingerprint density at radius 3 is 2.76 bits per heavy atom. The third-order valence-corrected chi connectivity index (χ3v) is 2.55. The predicted molar refractivity (Wildman–Crippen MR) is 54.6 cm³/mol. The lowest BCUT2D eigenvalue weighted by molar-refractivity contribution is -0.141. The zero-order valence-corrected chi connectivity index (χ0v) is 8.58. The van der Waals surface area contributed by atoms with Gasteiger partial charge in [-0.3, -0.25) is 14.4 Å². The number of hydrogen-bond donors (Lipinski definition) is 3. The standard InChI is InChI=1S/C9H9N3O5/c13-5-1-4(9(16)17)2-12(5)6-7(14)10-3-11-8(6)15/h3-4H,1-2H2,(H,16,17)(H2,10,11,14,15). The average molecular weight is 239 g/mol. The van der Waals surface area contributed by atoms with Crippen LogP contribution in [0.4, 0.5) is 5.69 Å². The summed E-state index contributed by atoms with van der Waals surface area (Å²) >= 11 is 0. The molecule has 1 fully saturated rings. The highest BCUT2D eigenvalue weighted by atomic mass is 16.4. The molecular weight excluding hydrogens is 230 g/mol. The van der Waals surface area contributed by atoms with Crippen molar-refractivity contribution in [1.29, 1.82) is 0 Å². The second-order valence-electron chi connectivity index (χ2n) is 3.65. The molecule has 1 unspecified atom stereocenters. The third kappa shape index (κ3) is 1.84. The molecule has 0 bridgehead atoms. The van der Waals surface area contributed by atoms with Crippen LogP contribution in [0.3, 0.4) is 0 Å². The van der Waals surface area contributed by atoms with Gasteiger partial charge in [0.15, 0.2) is 5.69 Å². The molecule has 1 aliphatic rings. The molecule has 0 radical (unpaired) electrons. The summed E-state index contributed by atoms with van der Waals surface area (Å²) in [6.07, 6.45) is 0.805. The van der Waals surface area contributed by atoms with E-state index in [-0.39, 0.29) is 18.7 Å². The minimum atomic E-state index is -1.11.